The molecule has 2 rings (SSSR count). The Bertz CT molecular complexity index is 481. The number of non-ortho nitro benzene ring substituents is 1. The normalized spacial score (nSPS) is 22.5. The van der Waals surface area contributed by atoms with Gasteiger partial charge < -0.3 is 10.4 Å². The van der Waals surface area contributed by atoms with Crippen LogP contribution in [0.1, 0.15) is 25.7 Å². The van der Waals surface area contributed by atoms with Gasteiger partial charge in [0.1, 0.15) is 0 Å². The van der Waals surface area contributed by atoms with Crippen LogP contribution in [-0.2, 0) is 0 Å². The maximum atomic E-state index is 10.7. The van der Waals surface area contributed by atoms with Crippen molar-refractivity contribution in [1.29, 1.82) is 0 Å². The van der Waals surface area contributed by atoms with Crippen molar-refractivity contribution in [2.45, 2.75) is 25.7 Å². The number of nitrogens with zero attached hydrogens (tertiary/aromatic N) is 1. The minimum atomic E-state index is -0.460. The summed E-state index contributed by atoms with van der Waals surface area (Å²) < 4.78 is 0. The topological polar surface area (TPSA) is 75.4 Å². The van der Waals surface area contributed by atoms with E-state index in [1.54, 1.807) is 6.07 Å². The van der Waals surface area contributed by atoms with Gasteiger partial charge in [0.25, 0.3) is 5.69 Å². The molecule has 0 amide bonds. The predicted octanol–water partition coefficient (Wildman–Crippen LogP) is 3.46. The Morgan fingerprint density at radius 1 is 1.35 bits per heavy atom. The second-order valence-electron chi connectivity index (χ2n) is 5.29. The summed E-state index contributed by atoms with van der Waals surface area (Å²) in [7, 11) is 0. The van der Waals surface area contributed by atoms with Gasteiger partial charge in [0.15, 0.2) is 0 Å². The molecule has 1 fully saturated rings. The molecule has 20 heavy (non-hydrogen) atoms. The Kier molecular flexibility index (Phi) is 5.20. The molecule has 5 nitrogen and oxygen atoms in total. The first-order valence-corrected chi connectivity index (χ1v) is 7.28. The van der Waals surface area contributed by atoms with Crippen LogP contribution in [0.4, 0.5) is 11.4 Å². The maximum absolute atomic E-state index is 10.7. The third-order valence-electron chi connectivity index (χ3n) is 4.02. The van der Waals surface area contributed by atoms with Crippen molar-refractivity contribution < 1.29 is 10.0 Å². The summed E-state index contributed by atoms with van der Waals surface area (Å²) in [5, 5.41) is 23.6. The van der Waals surface area contributed by atoms with Gasteiger partial charge in [-0.05, 0) is 30.7 Å². The summed E-state index contributed by atoms with van der Waals surface area (Å²) in [6.07, 6.45) is 4.54. The second-order valence-corrected chi connectivity index (χ2v) is 5.70. The quantitative estimate of drug-likeness (QED) is 0.645. The van der Waals surface area contributed by atoms with Gasteiger partial charge in [0.2, 0.25) is 0 Å². The van der Waals surface area contributed by atoms with E-state index in [4.69, 9.17) is 11.6 Å². The van der Waals surface area contributed by atoms with Crippen LogP contribution in [0.3, 0.4) is 0 Å². The minimum absolute atomic E-state index is 0.00792. The van der Waals surface area contributed by atoms with E-state index in [2.05, 4.69) is 5.32 Å². The zero-order chi connectivity index (χ0) is 14.5. The Morgan fingerprint density at radius 3 is 2.65 bits per heavy atom. The number of aliphatic hydroxyl groups is 1. The molecule has 6 heteroatoms. The number of hydrogen-bond donors (Lipinski definition) is 2. The number of nitro groups is 1. The van der Waals surface area contributed by atoms with Crippen molar-refractivity contribution in [3.63, 3.8) is 0 Å². The summed E-state index contributed by atoms with van der Waals surface area (Å²) in [4.78, 5) is 10.2. The summed E-state index contributed by atoms with van der Waals surface area (Å²) >= 11 is 6.05. The SMILES string of the molecule is O=[N+]([O-])c1ccc(NCC2CCCCC2CO)c(Cl)c1. The average molecular weight is 299 g/mol. The predicted molar refractivity (Wildman–Crippen MR) is 79.1 cm³/mol. The fourth-order valence-corrected chi connectivity index (χ4v) is 3.04. The Labute approximate surface area is 123 Å². The molecule has 1 aliphatic carbocycles. The van der Waals surface area contributed by atoms with Gasteiger partial charge in [-0.15, -0.1) is 0 Å². The van der Waals surface area contributed by atoms with Crippen LogP contribution in [0.25, 0.3) is 0 Å². The van der Waals surface area contributed by atoms with E-state index in [9.17, 15) is 15.2 Å². The number of nitro benzene ring substituents is 1. The smallest absolute Gasteiger partial charge is 0.271 e. The molecule has 0 saturated heterocycles. The van der Waals surface area contributed by atoms with Gasteiger partial charge in [-0.1, -0.05) is 24.4 Å². The molecular weight excluding hydrogens is 280 g/mol. The van der Waals surface area contributed by atoms with E-state index in [1.165, 1.54) is 25.0 Å². The van der Waals surface area contributed by atoms with E-state index in [0.29, 0.717) is 22.5 Å². The Balaban J connectivity index is 1.98. The van der Waals surface area contributed by atoms with Crippen LogP contribution in [0.2, 0.25) is 5.02 Å². The third-order valence-corrected chi connectivity index (χ3v) is 4.33. The summed E-state index contributed by atoms with van der Waals surface area (Å²) in [5.41, 5.74) is 0.700. The molecule has 0 heterocycles. The molecule has 2 unspecified atom stereocenters. The summed E-state index contributed by atoms with van der Waals surface area (Å²) in [6, 6.07) is 4.43. The summed E-state index contributed by atoms with van der Waals surface area (Å²) in [5.74, 6) is 0.771. The van der Waals surface area contributed by atoms with Crippen molar-refractivity contribution in [2.24, 2.45) is 11.8 Å². The van der Waals surface area contributed by atoms with Crippen LogP contribution >= 0.6 is 11.6 Å². The standard InChI is InChI=1S/C14H19ClN2O3/c15-13-7-12(17(19)20)5-6-14(13)16-8-10-3-1-2-4-11(10)9-18/h5-7,10-11,16,18H,1-4,8-9H2. The zero-order valence-corrected chi connectivity index (χ0v) is 12.0. The number of nitrogens with one attached hydrogen (secondary N) is 1. The van der Waals surface area contributed by atoms with Gasteiger partial charge in [0.05, 0.1) is 15.6 Å². The van der Waals surface area contributed by atoms with Gasteiger partial charge in [0, 0.05) is 25.3 Å². The van der Waals surface area contributed by atoms with Crippen LogP contribution in [0.15, 0.2) is 18.2 Å². The molecule has 0 bridgehead atoms. The van der Waals surface area contributed by atoms with Crippen LogP contribution < -0.4 is 5.32 Å². The molecule has 0 aliphatic heterocycles. The van der Waals surface area contributed by atoms with E-state index in [0.717, 1.165) is 19.4 Å². The number of anilines is 1. The molecule has 0 radical (unpaired) electrons. The first-order valence-electron chi connectivity index (χ1n) is 6.90. The van der Waals surface area contributed by atoms with E-state index >= 15 is 0 Å². The third kappa shape index (κ3) is 3.61. The first-order chi connectivity index (χ1) is 9.61. The number of benzene rings is 1. The number of rotatable bonds is 5. The van der Waals surface area contributed by atoms with Crippen LogP contribution in [0.5, 0.6) is 0 Å². The van der Waals surface area contributed by atoms with Crippen molar-refractivity contribution in [3.05, 3.63) is 33.3 Å². The highest BCUT2D eigenvalue weighted by Gasteiger charge is 2.24. The zero-order valence-electron chi connectivity index (χ0n) is 11.2. The number of aliphatic hydroxyl groups excluding tert-OH is 1. The van der Waals surface area contributed by atoms with E-state index < -0.39 is 4.92 Å². The molecule has 0 aromatic heterocycles. The fourth-order valence-electron chi connectivity index (χ4n) is 2.80. The number of halogens is 1. The second kappa shape index (κ2) is 6.90. The monoisotopic (exact) mass is 298 g/mol. The number of hydrogen-bond acceptors (Lipinski definition) is 4. The molecule has 0 spiro atoms. The van der Waals surface area contributed by atoms with Gasteiger partial charge in [-0.2, -0.15) is 0 Å². The van der Waals surface area contributed by atoms with Crippen molar-refractivity contribution in [3.8, 4) is 0 Å². The van der Waals surface area contributed by atoms with Gasteiger partial charge >= 0.3 is 0 Å². The average Bonchev–Trinajstić information content (AvgIpc) is 2.46. The highest BCUT2D eigenvalue weighted by molar-refractivity contribution is 6.33. The Morgan fingerprint density at radius 2 is 2.05 bits per heavy atom. The lowest BCUT2D eigenvalue weighted by molar-refractivity contribution is -0.384. The van der Waals surface area contributed by atoms with Crippen molar-refractivity contribution in [1.82, 2.24) is 0 Å². The Hall–Kier alpha value is -1.33. The lowest BCUT2D eigenvalue weighted by atomic mass is 9.79. The molecule has 2 atom stereocenters. The molecule has 1 saturated carbocycles. The minimum Gasteiger partial charge on any atom is -0.396 e. The van der Waals surface area contributed by atoms with Crippen LogP contribution in [-0.4, -0.2) is 23.2 Å². The highest BCUT2D eigenvalue weighted by Crippen LogP contribution is 2.31. The lowest BCUT2D eigenvalue weighted by Crippen LogP contribution is -2.28. The van der Waals surface area contributed by atoms with Crippen molar-refractivity contribution in [2.75, 3.05) is 18.5 Å². The molecule has 1 aliphatic rings. The van der Waals surface area contributed by atoms with E-state index in [1.807, 2.05) is 0 Å². The molecular formula is C14H19ClN2O3. The molecule has 110 valence electrons. The van der Waals surface area contributed by atoms with Crippen molar-refractivity contribution >= 4 is 23.0 Å². The van der Waals surface area contributed by atoms with Gasteiger partial charge in [-0.25, -0.2) is 0 Å². The molecule has 1 aromatic carbocycles. The largest absolute Gasteiger partial charge is 0.396 e. The molecule has 1 aromatic rings. The van der Waals surface area contributed by atoms with E-state index in [-0.39, 0.29) is 12.3 Å². The first kappa shape index (κ1) is 15.1. The van der Waals surface area contributed by atoms with Gasteiger partial charge in [-0.3, -0.25) is 10.1 Å². The highest BCUT2D eigenvalue weighted by atomic mass is 35.5. The fraction of sp³-hybridized carbons (Fsp3) is 0.571. The summed E-state index contributed by atoms with van der Waals surface area (Å²) in [6.45, 7) is 0.961. The lowest BCUT2D eigenvalue weighted by Gasteiger charge is -2.30. The maximum Gasteiger partial charge on any atom is 0.271 e. The molecule has 2 N–H and O–H groups in total. The van der Waals surface area contributed by atoms with Crippen LogP contribution in [0, 0.1) is 22.0 Å².